The van der Waals surface area contributed by atoms with E-state index in [1.54, 1.807) is 12.1 Å². The molecular weight excluding hydrogens is 347 g/mol. The second-order valence-corrected chi connectivity index (χ2v) is 6.03. The quantitative estimate of drug-likeness (QED) is 0.620. The summed E-state index contributed by atoms with van der Waals surface area (Å²) in [6, 6.07) is 11.2. The van der Waals surface area contributed by atoms with Gasteiger partial charge in [-0.15, -0.1) is 0 Å². The van der Waals surface area contributed by atoms with Crippen molar-refractivity contribution in [3.63, 3.8) is 0 Å². The SMILES string of the molecule is Cc1ccc(Br)cc1C(NN)c1cc(Cl)ccc1Cl. The van der Waals surface area contributed by atoms with Gasteiger partial charge in [-0.1, -0.05) is 45.2 Å². The number of nitrogens with one attached hydrogen (secondary N) is 1. The van der Waals surface area contributed by atoms with Gasteiger partial charge in [-0.3, -0.25) is 5.84 Å². The fourth-order valence-electron chi connectivity index (χ4n) is 2.01. The summed E-state index contributed by atoms with van der Waals surface area (Å²) in [6.07, 6.45) is 0. The van der Waals surface area contributed by atoms with Crippen molar-refractivity contribution in [2.24, 2.45) is 5.84 Å². The Kier molecular flexibility index (Phi) is 4.87. The van der Waals surface area contributed by atoms with Gasteiger partial charge in [-0.25, -0.2) is 5.43 Å². The number of rotatable bonds is 3. The van der Waals surface area contributed by atoms with Gasteiger partial charge < -0.3 is 0 Å². The van der Waals surface area contributed by atoms with Crippen molar-refractivity contribution >= 4 is 39.1 Å². The topological polar surface area (TPSA) is 38.0 Å². The Morgan fingerprint density at radius 3 is 2.53 bits per heavy atom. The van der Waals surface area contributed by atoms with E-state index in [2.05, 4.69) is 21.4 Å². The molecule has 0 aliphatic rings. The highest BCUT2D eigenvalue weighted by Gasteiger charge is 2.18. The van der Waals surface area contributed by atoms with Crippen LogP contribution in [-0.2, 0) is 0 Å². The largest absolute Gasteiger partial charge is 0.271 e. The molecule has 2 nitrogen and oxygen atoms in total. The van der Waals surface area contributed by atoms with E-state index in [-0.39, 0.29) is 6.04 Å². The average molecular weight is 360 g/mol. The third-order valence-electron chi connectivity index (χ3n) is 2.99. The third kappa shape index (κ3) is 3.30. The highest BCUT2D eigenvalue weighted by molar-refractivity contribution is 9.10. The van der Waals surface area contributed by atoms with Gasteiger partial charge in [0.2, 0.25) is 0 Å². The molecule has 0 aliphatic carbocycles. The minimum absolute atomic E-state index is 0.205. The molecule has 1 atom stereocenters. The Hall–Kier alpha value is -0.580. The standard InChI is InChI=1S/C14H13BrCl2N2/c1-8-2-3-9(15)6-11(8)14(19-18)12-7-10(16)4-5-13(12)17/h2-7,14,19H,18H2,1H3. The predicted octanol–water partition coefficient (Wildman–Crippen LogP) is 4.62. The lowest BCUT2D eigenvalue weighted by Gasteiger charge is -2.20. The highest BCUT2D eigenvalue weighted by Crippen LogP contribution is 2.32. The summed E-state index contributed by atoms with van der Waals surface area (Å²) in [5.74, 6) is 5.71. The first-order valence-corrected chi connectivity index (χ1v) is 7.25. The van der Waals surface area contributed by atoms with E-state index in [4.69, 9.17) is 29.0 Å². The van der Waals surface area contributed by atoms with Crippen LogP contribution in [0.3, 0.4) is 0 Å². The van der Waals surface area contributed by atoms with E-state index in [1.807, 2.05) is 31.2 Å². The van der Waals surface area contributed by atoms with Crippen LogP contribution in [-0.4, -0.2) is 0 Å². The number of aryl methyl sites for hydroxylation is 1. The maximum absolute atomic E-state index is 6.25. The Bertz CT molecular complexity index is 550. The molecule has 19 heavy (non-hydrogen) atoms. The number of hydrogen-bond donors (Lipinski definition) is 2. The van der Waals surface area contributed by atoms with Crippen molar-refractivity contribution in [1.29, 1.82) is 0 Å². The molecule has 0 heterocycles. The van der Waals surface area contributed by atoms with Crippen LogP contribution in [0.15, 0.2) is 40.9 Å². The second-order valence-electron chi connectivity index (χ2n) is 4.27. The molecule has 0 amide bonds. The van der Waals surface area contributed by atoms with Crippen LogP contribution in [0.5, 0.6) is 0 Å². The number of halogens is 3. The zero-order chi connectivity index (χ0) is 14.0. The lowest BCUT2D eigenvalue weighted by atomic mass is 9.95. The molecule has 0 fully saturated rings. The monoisotopic (exact) mass is 358 g/mol. The zero-order valence-corrected chi connectivity index (χ0v) is 13.4. The van der Waals surface area contributed by atoms with Gasteiger partial charge >= 0.3 is 0 Å². The number of hydrogen-bond acceptors (Lipinski definition) is 2. The number of hydrazine groups is 1. The lowest BCUT2D eigenvalue weighted by molar-refractivity contribution is 0.633. The molecule has 100 valence electrons. The summed E-state index contributed by atoms with van der Waals surface area (Å²) in [7, 11) is 0. The summed E-state index contributed by atoms with van der Waals surface area (Å²) in [4.78, 5) is 0. The first-order chi connectivity index (χ1) is 9.02. The van der Waals surface area contributed by atoms with Crippen molar-refractivity contribution in [1.82, 2.24) is 5.43 Å². The molecule has 2 aromatic carbocycles. The van der Waals surface area contributed by atoms with Gasteiger partial charge in [0.15, 0.2) is 0 Å². The minimum Gasteiger partial charge on any atom is -0.271 e. The van der Waals surface area contributed by atoms with E-state index in [1.165, 1.54) is 0 Å². The first-order valence-electron chi connectivity index (χ1n) is 5.70. The van der Waals surface area contributed by atoms with Crippen molar-refractivity contribution < 1.29 is 0 Å². The Labute approximate surface area is 131 Å². The molecule has 0 aromatic heterocycles. The molecule has 0 bridgehead atoms. The van der Waals surface area contributed by atoms with Crippen LogP contribution < -0.4 is 11.3 Å². The molecule has 3 N–H and O–H groups in total. The predicted molar refractivity (Wildman–Crippen MR) is 84.5 cm³/mol. The van der Waals surface area contributed by atoms with Crippen molar-refractivity contribution in [3.05, 3.63) is 67.6 Å². The summed E-state index contributed by atoms with van der Waals surface area (Å²) in [5, 5.41) is 1.26. The van der Waals surface area contributed by atoms with Crippen LogP contribution in [0, 0.1) is 6.92 Å². The van der Waals surface area contributed by atoms with Gasteiger partial charge in [0, 0.05) is 14.5 Å². The molecule has 0 radical (unpaired) electrons. The molecule has 2 aromatic rings. The van der Waals surface area contributed by atoms with Gasteiger partial charge in [-0.2, -0.15) is 0 Å². The van der Waals surface area contributed by atoms with Gasteiger partial charge in [0.05, 0.1) is 6.04 Å². The smallest absolute Gasteiger partial charge is 0.0728 e. The summed E-state index contributed by atoms with van der Waals surface area (Å²) >= 11 is 15.8. The lowest BCUT2D eigenvalue weighted by Crippen LogP contribution is -2.29. The first kappa shape index (κ1) is 14.8. The number of nitrogens with two attached hydrogens (primary N) is 1. The van der Waals surface area contributed by atoms with E-state index < -0.39 is 0 Å². The van der Waals surface area contributed by atoms with Crippen molar-refractivity contribution in [2.75, 3.05) is 0 Å². The minimum atomic E-state index is -0.205. The van der Waals surface area contributed by atoms with Crippen LogP contribution in [0.25, 0.3) is 0 Å². The third-order valence-corrected chi connectivity index (χ3v) is 4.06. The van der Waals surface area contributed by atoms with Crippen LogP contribution in [0.2, 0.25) is 10.0 Å². The van der Waals surface area contributed by atoms with E-state index in [0.717, 1.165) is 21.2 Å². The molecule has 0 saturated carbocycles. The zero-order valence-electron chi connectivity index (χ0n) is 10.3. The molecule has 0 spiro atoms. The molecule has 1 unspecified atom stereocenters. The van der Waals surface area contributed by atoms with Gasteiger partial charge in [-0.05, 0) is 53.9 Å². The fourth-order valence-corrected chi connectivity index (χ4v) is 2.79. The van der Waals surface area contributed by atoms with E-state index >= 15 is 0 Å². The summed E-state index contributed by atoms with van der Waals surface area (Å²) < 4.78 is 0.992. The van der Waals surface area contributed by atoms with Gasteiger partial charge in [0.1, 0.15) is 0 Å². The highest BCUT2D eigenvalue weighted by atomic mass is 79.9. The maximum Gasteiger partial charge on any atom is 0.0728 e. The Morgan fingerprint density at radius 1 is 1.11 bits per heavy atom. The average Bonchev–Trinajstić information content (AvgIpc) is 2.38. The summed E-state index contributed by atoms with van der Waals surface area (Å²) in [6.45, 7) is 2.03. The van der Waals surface area contributed by atoms with Crippen LogP contribution >= 0.6 is 39.1 Å². The fraction of sp³-hybridized carbons (Fsp3) is 0.143. The van der Waals surface area contributed by atoms with Crippen molar-refractivity contribution in [3.8, 4) is 0 Å². The normalized spacial score (nSPS) is 12.5. The molecule has 5 heteroatoms. The Balaban J connectivity index is 2.55. The van der Waals surface area contributed by atoms with Gasteiger partial charge in [0.25, 0.3) is 0 Å². The van der Waals surface area contributed by atoms with E-state index in [0.29, 0.717) is 10.0 Å². The van der Waals surface area contributed by atoms with Crippen molar-refractivity contribution in [2.45, 2.75) is 13.0 Å². The van der Waals surface area contributed by atoms with Crippen LogP contribution in [0.4, 0.5) is 0 Å². The number of benzene rings is 2. The molecular formula is C14H13BrCl2N2. The molecule has 0 aliphatic heterocycles. The summed E-state index contributed by atoms with van der Waals surface area (Å²) in [5.41, 5.74) is 5.85. The van der Waals surface area contributed by atoms with Crippen LogP contribution in [0.1, 0.15) is 22.7 Å². The maximum atomic E-state index is 6.25. The molecule has 2 rings (SSSR count). The second kappa shape index (κ2) is 6.25. The Morgan fingerprint density at radius 2 is 1.84 bits per heavy atom. The van der Waals surface area contributed by atoms with E-state index in [9.17, 15) is 0 Å². The molecule has 0 saturated heterocycles.